The summed E-state index contributed by atoms with van der Waals surface area (Å²) in [7, 11) is 1.98. The molecule has 7 nitrogen and oxygen atoms in total. The fraction of sp³-hybridized carbons (Fsp3) is 0.240. The van der Waals surface area contributed by atoms with Crippen LogP contribution < -0.4 is 15.4 Å². The van der Waals surface area contributed by atoms with Crippen molar-refractivity contribution in [2.45, 2.75) is 33.1 Å². The minimum atomic E-state index is -0.183. The third kappa shape index (κ3) is 4.72. The third-order valence-corrected chi connectivity index (χ3v) is 5.13. The van der Waals surface area contributed by atoms with Gasteiger partial charge in [0.1, 0.15) is 17.3 Å². The van der Waals surface area contributed by atoms with Crippen molar-refractivity contribution in [1.82, 2.24) is 14.5 Å². The molecule has 2 heterocycles. The van der Waals surface area contributed by atoms with E-state index in [2.05, 4.69) is 60.7 Å². The van der Waals surface area contributed by atoms with E-state index in [1.54, 1.807) is 18.3 Å². The van der Waals surface area contributed by atoms with Gasteiger partial charge < -0.3 is 19.9 Å². The molecule has 164 valence electrons. The molecule has 2 aromatic carbocycles. The summed E-state index contributed by atoms with van der Waals surface area (Å²) < 4.78 is 7.97. The Morgan fingerprint density at radius 3 is 2.41 bits per heavy atom. The molecular formula is C25H27N5O2. The molecule has 0 saturated carbocycles. The van der Waals surface area contributed by atoms with E-state index in [9.17, 15) is 4.79 Å². The molecule has 32 heavy (non-hydrogen) atoms. The number of ether oxygens (including phenoxy) is 1. The van der Waals surface area contributed by atoms with E-state index in [4.69, 9.17) is 9.72 Å². The number of carbonyl (C=O) groups excluding carboxylic acids is 1. The number of amides is 1. The van der Waals surface area contributed by atoms with Crippen molar-refractivity contribution >= 4 is 34.4 Å². The Labute approximate surface area is 187 Å². The first-order valence-electron chi connectivity index (χ1n) is 10.4. The van der Waals surface area contributed by atoms with Gasteiger partial charge in [-0.15, -0.1) is 0 Å². The van der Waals surface area contributed by atoms with Crippen molar-refractivity contribution in [3.8, 4) is 11.5 Å². The van der Waals surface area contributed by atoms with Gasteiger partial charge in [0.15, 0.2) is 0 Å². The number of aryl methyl sites for hydroxylation is 1. The predicted molar refractivity (Wildman–Crippen MR) is 128 cm³/mol. The van der Waals surface area contributed by atoms with Gasteiger partial charge in [-0.25, -0.2) is 9.97 Å². The first kappa shape index (κ1) is 21.4. The van der Waals surface area contributed by atoms with Crippen LogP contribution in [-0.2, 0) is 17.3 Å². The number of aromatic nitrogens is 3. The van der Waals surface area contributed by atoms with E-state index in [0.29, 0.717) is 17.3 Å². The van der Waals surface area contributed by atoms with Gasteiger partial charge in [0.2, 0.25) is 11.9 Å². The Morgan fingerprint density at radius 1 is 1.00 bits per heavy atom. The third-order valence-electron chi connectivity index (χ3n) is 5.13. The summed E-state index contributed by atoms with van der Waals surface area (Å²) in [5.41, 5.74) is 4.18. The molecule has 0 unspecified atom stereocenters. The minimum absolute atomic E-state index is 0.116. The van der Waals surface area contributed by atoms with Crippen molar-refractivity contribution in [2.24, 2.45) is 7.05 Å². The van der Waals surface area contributed by atoms with Gasteiger partial charge in [0, 0.05) is 38.0 Å². The van der Waals surface area contributed by atoms with E-state index < -0.39 is 0 Å². The number of nitrogens with zero attached hydrogens (tertiary/aromatic N) is 3. The van der Waals surface area contributed by atoms with Gasteiger partial charge >= 0.3 is 0 Å². The van der Waals surface area contributed by atoms with Crippen molar-refractivity contribution in [2.75, 3.05) is 10.6 Å². The Bertz CT molecular complexity index is 1270. The number of pyridine rings is 1. The predicted octanol–water partition coefficient (Wildman–Crippen LogP) is 5.76. The second-order valence-electron chi connectivity index (χ2n) is 8.76. The second kappa shape index (κ2) is 8.34. The lowest BCUT2D eigenvalue weighted by atomic mass is 9.87. The van der Waals surface area contributed by atoms with E-state index in [0.717, 1.165) is 22.7 Å². The largest absolute Gasteiger partial charge is 0.457 e. The number of imidazole rings is 1. The van der Waals surface area contributed by atoms with Crippen LogP contribution in [0.5, 0.6) is 11.5 Å². The van der Waals surface area contributed by atoms with Gasteiger partial charge in [-0.1, -0.05) is 32.9 Å². The van der Waals surface area contributed by atoms with Gasteiger partial charge in [0.05, 0.1) is 11.0 Å². The Hall–Kier alpha value is -3.87. The zero-order valence-electron chi connectivity index (χ0n) is 18.9. The number of rotatable bonds is 5. The smallest absolute Gasteiger partial charge is 0.222 e. The molecule has 4 aromatic rings. The van der Waals surface area contributed by atoms with Crippen LogP contribution in [0.15, 0.2) is 60.8 Å². The normalized spacial score (nSPS) is 11.4. The van der Waals surface area contributed by atoms with Crippen LogP contribution in [0.4, 0.5) is 17.5 Å². The van der Waals surface area contributed by atoms with E-state index >= 15 is 0 Å². The van der Waals surface area contributed by atoms with Crippen LogP contribution in [0, 0.1) is 0 Å². The summed E-state index contributed by atoms with van der Waals surface area (Å²) in [4.78, 5) is 20.1. The highest BCUT2D eigenvalue weighted by Gasteiger charge is 2.14. The Balaban J connectivity index is 1.55. The van der Waals surface area contributed by atoms with Crippen LogP contribution in [0.25, 0.3) is 11.0 Å². The molecule has 0 bridgehead atoms. The van der Waals surface area contributed by atoms with Crippen LogP contribution in [0.1, 0.15) is 33.3 Å². The molecule has 0 aliphatic rings. The van der Waals surface area contributed by atoms with Gasteiger partial charge in [-0.2, -0.15) is 0 Å². The molecular weight excluding hydrogens is 402 g/mol. The quantitative estimate of drug-likeness (QED) is 0.421. The Morgan fingerprint density at radius 2 is 1.72 bits per heavy atom. The number of hydrogen-bond acceptors (Lipinski definition) is 5. The number of fused-ring (bicyclic) bond motifs is 1. The topological polar surface area (TPSA) is 81.1 Å². The molecule has 1 amide bonds. The highest BCUT2D eigenvalue weighted by molar-refractivity contribution is 5.87. The molecule has 0 saturated heterocycles. The molecule has 7 heteroatoms. The van der Waals surface area contributed by atoms with Crippen molar-refractivity contribution in [1.29, 1.82) is 0 Å². The first-order chi connectivity index (χ1) is 15.2. The second-order valence-corrected chi connectivity index (χ2v) is 8.76. The Kier molecular flexibility index (Phi) is 5.57. The molecule has 0 radical (unpaired) electrons. The summed E-state index contributed by atoms with van der Waals surface area (Å²) in [5, 5.41) is 6.05. The van der Waals surface area contributed by atoms with Crippen molar-refractivity contribution < 1.29 is 9.53 Å². The molecule has 2 aromatic heterocycles. The average molecular weight is 430 g/mol. The van der Waals surface area contributed by atoms with Crippen LogP contribution >= 0.6 is 0 Å². The minimum Gasteiger partial charge on any atom is -0.457 e. The monoisotopic (exact) mass is 429 g/mol. The van der Waals surface area contributed by atoms with E-state index in [-0.39, 0.29) is 11.3 Å². The maximum Gasteiger partial charge on any atom is 0.222 e. The fourth-order valence-corrected chi connectivity index (χ4v) is 3.40. The first-order valence-corrected chi connectivity index (χ1v) is 10.4. The molecule has 0 aliphatic carbocycles. The molecule has 0 spiro atoms. The number of benzene rings is 2. The number of nitrogens with one attached hydrogen (secondary N) is 2. The lowest BCUT2D eigenvalue weighted by Crippen LogP contribution is -2.10. The lowest BCUT2D eigenvalue weighted by molar-refractivity contribution is -0.114. The van der Waals surface area contributed by atoms with Crippen LogP contribution in [-0.4, -0.2) is 20.4 Å². The zero-order valence-corrected chi connectivity index (χ0v) is 18.9. The molecule has 0 atom stereocenters. The average Bonchev–Trinajstić information content (AvgIpc) is 3.02. The molecule has 4 rings (SSSR count). The highest BCUT2D eigenvalue weighted by atomic mass is 16.5. The van der Waals surface area contributed by atoms with Gasteiger partial charge in [0.25, 0.3) is 0 Å². The summed E-state index contributed by atoms with van der Waals surface area (Å²) in [6.07, 6.45) is 1.59. The molecule has 0 aliphatic heterocycles. The summed E-state index contributed by atoms with van der Waals surface area (Å²) in [5.74, 6) is 2.24. The van der Waals surface area contributed by atoms with Crippen molar-refractivity contribution in [3.05, 3.63) is 66.4 Å². The summed E-state index contributed by atoms with van der Waals surface area (Å²) in [6.45, 7) is 8.04. The highest BCUT2D eigenvalue weighted by Crippen LogP contribution is 2.29. The number of anilines is 3. The fourth-order valence-electron chi connectivity index (χ4n) is 3.40. The molecule has 0 fully saturated rings. The van der Waals surface area contributed by atoms with Gasteiger partial charge in [-0.05, 0) is 41.3 Å². The maximum atomic E-state index is 11.2. The number of carbonyl (C=O) groups is 1. The van der Waals surface area contributed by atoms with Crippen molar-refractivity contribution in [3.63, 3.8) is 0 Å². The standard InChI is InChI=1S/C25H27N5O2/c1-16(31)27-23-15-20(12-13-26-23)32-19-10-11-22-21(14-19)29-24(30(22)5)28-18-8-6-17(7-9-18)25(2,3)4/h6-15H,1-5H3,(H,28,29)(H,26,27,31). The van der Waals surface area contributed by atoms with E-state index in [1.807, 2.05) is 29.8 Å². The van der Waals surface area contributed by atoms with Crippen LogP contribution in [0.3, 0.4) is 0 Å². The lowest BCUT2D eigenvalue weighted by Gasteiger charge is -2.19. The zero-order chi connectivity index (χ0) is 22.9. The summed E-state index contributed by atoms with van der Waals surface area (Å²) in [6, 6.07) is 17.6. The molecule has 2 N–H and O–H groups in total. The van der Waals surface area contributed by atoms with Crippen LogP contribution in [0.2, 0.25) is 0 Å². The van der Waals surface area contributed by atoms with Gasteiger partial charge in [-0.3, -0.25) is 4.79 Å². The summed E-state index contributed by atoms with van der Waals surface area (Å²) >= 11 is 0. The SMILES string of the molecule is CC(=O)Nc1cc(Oc2ccc3c(c2)nc(Nc2ccc(C(C)(C)C)cc2)n3C)ccn1. The van der Waals surface area contributed by atoms with E-state index in [1.165, 1.54) is 12.5 Å². The number of hydrogen-bond donors (Lipinski definition) is 2. The maximum absolute atomic E-state index is 11.2.